The molecule has 0 unspecified atom stereocenters. The second-order valence-corrected chi connectivity index (χ2v) is 3.52. The van der Waals surface area contributed by atoms with Crippen LogP contribution in [0, 0.1) is 0 Å². The maximum Gasteiger partial charge on any atom is 0.224 e. The minimum Gasteiger partial charge on any atom is -0.546 e. The zero-order valence-electron chi connectivity index (χ0n) is 8.67. The summed E-state index contributed by atoms with van der Waals surface area (Å²) >= 11 is 0. The van der Waals surface area contributed by atoms with Crippen molar-refractivity contribution >= 4 is 17.6 Å². The summed E-state index contributed by atoms with van der Waals surface area (Å²) in [6.45, 7) is 1.36. The lowest BCUT2D eigenvalue weighted by atomic mass is 10.2. The Bertz CT molecular complexity index is 443. The first-order chi connectivity index (χ1) is 7.59. The number of hydrogen-bond donors (Lipinski definition) is 0. The molecule has 0 saturated carbocycles. The Kier molecular flexibility index (Phi) is 2.52. The highest BCUT2D eigenvalue weighted by molar-refractivity contribution is 5.94. The number of aliphatic carboxylic acids is 1. The van der Waals surface area contributed by atoms with E-state index in [4.69, 9.17) is 4.74 Å². The number of benzene rings is 1. The number of carbonyl (C=O) groups excluding carboxylic acids is 2. The van der Waals surface area contributed by atoms with E-state index in [-0.39, 0.29) is 12.5 Å². The van der Waals surface area contributed by atoms with Gasteiger partial charge in [0.1, 0.15) is 5.75 Å². The fourth-order valence-electron chi connectivity index (χ4n) is 1.66. The third-order valence-corrected chi connectivity index (χ3v) is 2.42. The predicted molar refractivity (Wildman–Crippen MR) is 53.9 cm³/mol. The second-order valence-electron chi connectivity index (χ2n) is 3.52. The van der Waals surface area contributed by atoms with Gasteiger partial charge in [0.15, 0.2) is 6.10 Å². The molecule has 1 amide bonds. The van der Waals surface area contributed by atoms with Gasteiger partial charge in [0, 0.05) is 6.92 Å². The molecular weight excluding hydrogens is 210 g/mol. The Morgan fingerprint density at radius 3 is 2.75 bits per heavy atom. The van der Waals surface area contributed by atoms with Crippen molar-refractivity contribution < 1.29 is 19.4 Å². The predicted octanol–water partition coefficient (Wildman–Crippen LogP) is -0.450. The molecule has 0 aromatic heterocycles. The van der Waals surface area contributed by atoms with Crippen molar-refractivity contribution in [3.05, 3.63) is 24.3 Å². The van der Waals surface area contributed by atoms with Gasteiger partial charge in [0.25, 0.3) is 0 Å². The van der Waals surface area contributed by atoms with Gasteiger partial charge in [-0.15, -0.1) is 0 Å². The number of rotatable bonds is 1. The van der Waals surface area contributed by atoms with Crippen LogP contribution in [0.2, 0.25) is 0 Å². The van der Waals surface area contributed by atoms with Crippen LogP contribution in [0.15, 0.2) is 24.3 Å². The molecule has 1 aromatic carbocycles. The van der Waals surface area contributed by atoms with Crippen molar-refractivity contribution in [3.63, 3.8) is 0 Å². The molecule has 0 N–H and O–H groups in total. The van der Waals surface area contributed by atoms with Crippen molar-refractivity contribution in [2.75, 3.05) is 11.4 Å². The highest BCUT2D eigenvalue weighted by Gasteiger charge is 2.28. The smallest absolute Gasteiger partial charge is 0.224 e. The van der Waals surface area contributed by atoms with Crippen LogP contribution in [0.1, 0.15) is 6.92 Å². The highest BCUT2D eigenvalue weighted by Crippen LogP contribution is 2.32. The zero-order valence-corrected chi connectivity index (χ0v) is 8.67. The number of carboxylic acids is 1. The quantitative estimate of drug-likeness (QED) is 0.642. The first-order valence-corrected chi connectivity index (χ1v) is 4.84. The number of carboxylic acid groups (broad SMARTS) is 1. The first-order valence-electron chi connectivity index (χ1n) is 4.84. The van der Waals surface area contributed by atoms with E-state index in [9.17, 15) is 14.7 Å². The Balaban J connectivity index is 2.41. The van der Waals surface area contributed by atoms with E-state index in [1.54, 1.807) is 24.3 Å². The van der Waals surface area contributed by atoms with Gasteiger partial charge in [-0.05, 0) is 12.1 Å². The zero-order chi connectivity index (χ0) is 11.7. The minimum atomic E-state index is -1.32. The summed E-state index contributed by atoms with van der Waals surface area (Å²) in [6, 6.07) is 6.81. The van der Waals surface area contributed by atoms with Crippen LogP contribution >= 0.6 is 0 Å². The van der Waals surface area contributed by atoms with Gasteiger partial charge >= 0.3 is 0 Å². The van der Waals surface area contributed by atoms with Gasteiger partial charge in [0.2, 0.25) is 5.91 Å². The molecule has 84 valence electrons. The molecule has 0 spiro atoms. The van der Waals surface area contributed by atoms with Gasteiger partial charge in [-0.2, -0.15) is 0 Å². The Morgan fingerprint density at radius 1 is 1.44 bits per heavy atom. The van der Waals surface area contributed by atoms with E-state index in [2.05, 4.69) is 0 Å². The molecule has 2 rings (SSSR count). The van der Waals surface area contributed by atoms with Gasteiger partial charge in [-0.1, -0.05) is 12.1 Å². The number of hydrogen-bond acceptors (Lipinski definition) is 4. The SMILES string of the molecule is CC(=O)N1C[C@@H](C(=O)[O-])Oc2ccccc21. The molecular formula is C11H10NO4-. The summed E-state index contributed by atoms with van der Waals surface area (Å²) in [6.07, 6.45) is -1.11. The van der Waals surface area contributed by atoms with Crippen molar-refractivity contribution in [1.29, 1.82) is 0 Å². The van der Waals surface area contributed by atoms with Crippen molar-refractivity contribution in [2.45, 2.75) is 13.0 Å². The molecule has 0 saturated heterocycles. The van der Waals surface area contributed by atoms with Crippen molar-refractivity contribution in [3.8, 4) is 5.75 Å². The van der Waals surface area contributed by atoms with E-state index in [0.29, 0.717) is 11.4 Å². The number of para-hydroxylation sites is 2. The number of ether oxygens (including phenoxy) is 1. The molecule has 1 aromatic rings. The molecule has 0 aliphatic carbocycles. The summed E-state index contributed by atoms with van der Waals surface area (Å²) in [7, 11) is 0. The van der Waals surface area contributed by atoms with E-state index in [1.165, 1.54) is 11.8 Å². The summed E-state index contributed by atoms with van der Waals surface area (Å²) in [4.78, 5) is 23.5. The van der Waals surface area contributed by atoms with Crippen LogP contribution in [-0.2, 0) is 9.59 Å². The van der Waals surface area contributed by atoms with Crippen LogP contribution in [-0.4, -0.2) is 24.5 Å². The third-order valence-electron chi connectivity index (χ3n) is 2.42. The average molecular weight is 220 g/mol. The molecule has 0 radical (unpaired) electrons. The summed E-state index contributed by atoms with van der Waals surface area (Å²) in [5.74, 6) is -1.15. The van der Waals surface area contributed by atoms with Gasteiger partial charge in [0.05, 0.1) is 18.2 Å². The van der Waals surface area contributed by atoms with E-state index in [1.807, 2.05) is 0 Å². The Morgan fingerprint density at radius 2 is 2.12 bits per heavy atom. The summed E-state index contributed by atoms with van der Waals surface area (Å²) in [5.41, 5.74) is 0.590. The Labute approximate surface area is 92.2 Å². The van der Waals surface area contributed by atoms with E-state index >= 15 is 0 Å². The normalized spacial score (nSPS) is 18.6. The van der Waals surface area contributed by atoms with Crippen LogP contribution in [0.4, 0.5) is 5.69 Å². The lowest BCUT2D eigenvalue weighted by Crippen LogP contribution is -2.51. The lowest BCUT2D eigenvalue weighted by molar-refractivity contribution is -0.313. The van der Waals surface area contributed by atoms with Gasteiger partial charge < -0.3 is 19.5 Å². The number of nitrogens with zero attached hydrogens (tertiary/aromatic N) is 1. The third kappa shape index (κ3) is 1.71. The van der Waals surface area contributed by atoms with Gasteiger partial charge in [-0.3, -0.25) is 4.79 Å². The molecule has 1 atom stereocenters. The van der Waals surface area contributed by atoms with Crippen LogP contribution < -0.4 is 14.7 Å². The standard InChI is InChI=1S/C11H11NO4/c1-7(13)12-6-10(11(14)15)16-9-5-3-2-4-8(9)12/h2-5,10H,6H2,1H3,(H,14,15)/p-1/t10-/m0/s1. The van der Waals surface area contributed by atoms with Crippen molar-refractivity contribution in [2.24, 2.45) is 0 Å². The average Bonchev–Trinajstić information content (AvgIpc) is 2.27. The fourth-order valence-corrected chi connectivity index (χ4v) is 1.66. The van der Waals surface area contributed by atoms with Crippen molar-refractivity contribution in [1.82, 2.24) is 0 Å². The highest BCUT2D eigenvalue weighted by atomic mass is 16.5. The first kappa shape index (κ1) is 10.5. The second kappa shape index (κ2) is 3.84. The van der Waals surface area contributed by atoms with Crippen LogP contribution in [0.25, 0.3) is 0 Å². The molecule has 5 heteroatoms. The maximum atomic E-state index is 11.4. The number of fused-ring (bicyclic) bond motifs is 1. The molecule has 0 fully saturated rings. The maximum absolute atomic E-state index is 11.4. The number of anilines is 1. The van der Waals surface area contributed by atoms with E-state index in [0.717, 1.165) is 0 Å². The lowest BCUT2D eigenvalue weighted by Gasteiger charge is -2.34. The molecule has 1 aliphatic heterocycles. The van der Waals surface area contributed by atoms with Crippen LogP contribution in [0.3, 0.4) is 0 Å². The number of carbonyl (C=O) groups is 2. The molecule has 1 heterocycles. The van der Waals surface area contributed by atoms with Crippen LogP contribution in [0.5, 0.6) is 5.75 Å². The molecule has 1 aliphatic rings. The topological polar surface area (TPSA) is 69.7 Å². The number of amides is 1. The fraction of sp³-hybridized carbons (Fsp3) is 0.273. The largest absolute Gasteiger partial charge is 0.546 e. The molecule has 5 nitrogen and oxygen atoms in total. The van der Waals surface area contributed by atoms with Gasteiger partial charge in [-0.25, -0.2) is 0 Å². The monoisotopic (exact) mass is 220 g/mol. The summed E-state index contributed by atoms with van der Waals surface area (Å²) < 4.78 is 5.22. The minimum absolute atomic E-state index is 0.0192. The molecule has 16 heavy (non-hydrogen) atoms. The molecule has 0 bridgehead atoms. The Hall–Kier alpha value is -2.04. The summed E-state index contributed by atoms with van der Waals surface area (Å²) in [5, 5.41) is 10.8. The van der Waals surface area contributed by atoms with E-state index < -0.39 is 12.1 Å².